The molecule has 1 aromatic carbocycles. The second-order valence-corrected chi connectivity index (χ2v) is 5.13. The van der Waals surface area contributed by atoms with Crippen molar-refractivity contribution in [2.45, 2.75) is 26.4 Å². The Kier molecular flexibility index (Phi) is 3.39. The molecule has 0 spiro atoms. The molecule has 0 unspecified atom stereocenters. The van der Waals surface area contributed by atoms with E-state index in [1.165, 1.54) is 0 Å². The Labute approximate surface area is 125 Å². The molecule has 6 heteroatoms. The van der Waals surface area contributed by atoms with E-state index in [4.69, 9.17) is 0 Å². The summed E-state index contributed by atoms with van der Waals surface area (Å²) in [5.74, 6) is 0. The maximum absolute atomic E-state index is 13.3. The van der Waals surface area contributed by atoms with Gasteiger partial charge < -0.3 is 0 Å². The average molecular weight is 305 g/mol. The number of benzene rings is 1. The molecule has 0 aliphatic carbocycles. The summed E-state index contributed by atoms with van der Waals surface area (Å²) >= 11 is 0. The number of aryl methyl sites for hydroxylation is 2. The Morgan fingerprint density at radius 2 is 1.77 bits per heavy atom. The van der Waals surface area contributed by atoms with Gasteiger partial charge in [-0.25, -0.2) is 9.50 Å². The first-order chi connectivity index (χ1) is 10.4. The molecule has 0 fully saturated rings. The van der Waals surface area contributed by atoms with Gasteiger partial charge in [0.15, 0.2) is 11.3 Å². The summed E-state index contributed by atoms with van der Waals surface area (Å²) in [6, 6.07) is 9.97. The lowest BCUT2D eigenvalue weighted by atomic mass is 10.1. The molecule has 114 valence electrons. The third-order valence-corrected chi connectivity index (χ3v) is 3.50. The summed E-state index contributed by atoms with van der Waals surface area (Å²) in [4.78, 5) is 4.30. The summed E-state index contributed by atoms with van der Waals surface area (Å²) < 4.78 is 40.6. The van der Waals surface area contributed by atoms with Gasteiger partial charge in [0.05, 0.1) is 11.4 Å². The quantitative estimate of drug-likeness (QED) is 0.707. The second-order valence-electron chi connectivity index (χ2n) is 5.13. The summed E-state index contributed by atoms with van der Waals surface area (Å²) in [5, 5.41) is 3.88. The fraction of sp³-hybridized carbons (Fsp3) is 0.250. The Bertz CT molecular complexity index is 817. The average Bonchev–Trinajstić information content (AvgIpc) is 2.85. The Morgan fingerprint density at radius 1 is 1.09 bits per heavy atom. The van der Waals surface area contributed by atoms with Crippen molar-refractivity contribution in [3.63, 3.8) is 0 Å². The van der Waals surface area contributed by atoms with Gasteiger partial charge in [-0.05, 0) is 25.0 Å². The lowest BCUT2D eigenvalue weighted by Gasteiger charge is -2.11. The smallest absolute Gasteiger partial charge is 0.229 e. The van der Waals surface area contributed by atoms with Gasteiger partial charge in [-0.1, -0.05) is 31.2 Å². The van der Waals surface area contributed by atoms with E-state index >= 15 is 0 Å². The minimum Gasteiger partial charge on any atom is -0.229 e. The SMILES string of the molecule is CCc1ccc(-c2cc(C(F)(F)F)n3nc(C)cc3n2)cc1. The molecule has 2 aromatic heterocycles. The van der Waals surface area contributed by atoms with E-state index in [0.717, 1.165) is 22.6 Å². The normalized spacial score (nSPS) is 12.0. The summed E-state index contributed by atoms with van der Waals surface area (Å²) in [6.07, 6.45) is -3.61. The van der Waals surface area contributed by atoms with Crippen molar-refractivity contribution in [1.82, 2.24) is 14.6 Å². The summed E-state index contributed by atoms with van der Waals surface area (Å²) in [5.41, 5.74) is 1.95. The number of halogens is 3. The minimum absolute atomic E-state index is 0.196. The number of nitrogens with zero attached hydrogens (tertiary/aromatic N) is 3. The van der Waals surface area contributed by atoms with E-state index in [2.05, 4.69) is 10.1 Å². The summed E-state index contributed by atoms with van der Waals surface area (Å²) in [6.45, 7) is 3.67. The van der Waals surface area contributed by atoms with Crippen LogP contribution < -0.4 is 0 Å². The zero-order valence-corrected chi connectivity index (χ0v) is 12.1. The van der Waals surface area contributed by atoms with E-state index in [-0.39, 0.29) is 5.65 Å². The van der Waals surface area contributed by atoms with Crippen LogP contribution in [0.5, 0.6) is 0 Å². The fourth-order valence-corrected chi connectivity index (χ4v) is 2.35. The largest absolute Gasteiger partial charge is 0.433 e. The highest BCUT2D eigenvalue weighted by atomic mass is 19.4. The molecule has 0 aliphatic heterocycles. The van der Waals surface area contributed by atoms with Gasteiger partial charge in [-0.3, -0.25) is 0 Å². The number of hydrogen-bond donors (Lipinski definition) is 0. The molecule has 0 atom stereocenters. The van der Waals surface area contributed by atoms with Crippen LogP contribution in [0.4, 0.5) is 13.2 Å². The maximum atomic E-state index is 13.3. The van der Waals surface area contributed by atoms with Crippen LogP contribution >= 0.6 is 0 Å². The van der Waals surface area contributed by atoms with Crippen LogP contribution in [0.15, 0.2) is 36.4 Å². The number of hydrogen-bond acceptors (Lipinski definition) is 2. The molecule has 0 bridgehead atoms. The van der Waals surface area contributed by atoms with Crippen molar-refractivity contribution in [2.24, 2.45) is 0 Å². The van der Waals surface area contributed by atoms with Gasteiger partial charge in [0.25, 0.3) is 0 Å². The van der Waals surface area contributed by atoms with Gasteiger partial charge in [0.2, 0.25) is 0 Å². The van der Waals surface area contributed by atoms with Gasteiger partial charge in [0.1, 0.15) is 0 Å². The Hall–Kier alpha value is -2.37. The van der Waals surface area contributed by atoms with E-state index in [1.807, 2.05) is 19.1 Å². The predicted octanol–water partition coefficient (Wildman–Crippen LogP) is 4.29. The molecular weight excluding hydrogens is 291 g/mol. The van der Waals surface area contributed by atoms with E-state index < -0.39 is 11.9 Å². The number of rotatable bonds is 2. The Morgan fingerprint density at radius 3 is 2.36 bits per heavy atom. The highest BCUT2D eigenvalue weighted by Gasteiger charge is 2.35. The first kappa shape index (κ1) is 14.6. The molecule has 0 amide bonds. The zero-order valence-electron chi connectivity index (χ0n) is 12.1. The molecule has 3 nitrogen and oxygen atoms in total. The van der Waals surface area contributed by atoms with E-state index in [1.54, 1.807) is 25.1 Å². The predicted molar refractivity (Wildman–Crippen MR) is 77.5 cm³/mol. The first-order valence-corrected chi connectivity index (χ1v) is 6.92. The highest BCUT2D eigenvalue weighted by molar-refractivity contribution is 5.63. The van der Waals surface area contributed by atoms with Crippen molar-refractivity contribution < 1.29 is 13.2 Å². The molecule has 3 rings (SSSR count). The third-order valence-electron chi connectivity index (χ3n) is 3.50. The van der Waals surface area contributed by atoms with Crippen molar-refractivity contribution in [1.29, 1.82) is 0 Å². The molecule has 0 radical (unpaired) electrons. The van der Waals surface area contributed by atoms with Crippen LogP contribution in [0.3, 0.4) is 0 Å². The molecule has 2 heterocycles. The van der Waals surface area contributed by atoms with Crippen LogP contribution in [-0.2, 0) is 12.6 Å². The molecule has 3 aromatic rings. The first-order valence-electron chi connectivity index (χ1n) is 6.92. The lowest BCUT2D eigenvalue weighted by molar-refractivity contribution is -0.142. The highest BCUT2D eigenvalue weighted by Crippen LogP contribution is 2.32. The minimum atomic E-state index is -4.49. The van der Waals surface area contributed by atoms with E-state index in [0.29, 0.717) is 17.0 Å². The maximum Gasteiger partial charge on any atom is 0.433 e. The van der Waals surface area contributed by atoms with E-state index in [9.17, 15) is 13.2 Å². The lowest BCUT2D eigenvalue weighted by Crippen LogP contribution is -2.13. The third kappa shape index (κ3) is 2.56. The van der Waals surface area contributed by atoms with Crippen LogP contribution in [0.2, 0.25) is 0 Å². The van der Waals surface area contributed by atoms with Gasteiger partial charge in [-0.15, -0.1) is 0 Å². The standard InChI is InChI=1S/C16H14F3N3/c1-3-11-4-6-12(7-5-11)13-9-14(16(17,18)19)22-15(20-13)8-10(2)21-22/h4-9H,3H2,1-2H3. The number of alkyl halides is 3. The van der Waals surface area contributed by atoms with Crippen LogP contribution in [-0.4, -0.2) is 14.6 Å². The molecule has 0 aliphatic rings. The van der Waals surface area contributed by atoms with Crippen molar-refractivity contribution in [3.05, 3.63) is 53.3 Å². The second kappa shape index (κ2) is 5.12. The van der Waals surface area contributed by atoms with Crippen molar-refractivity contribution in [2.75, 3.05) is 0 Å². The van der Waals surface area contributed by atoms with Gasteiger partial charge in [-0.2, -0.15) is 18.3 Å². The van der Waals surface area contributed by atoms with Crippen LogP contribution in [0.1, 0.15) is 23.9 Å². The molecule has 22 heavy (non-hydrogen) atoms. The molecular formula is C16H14F3N3. The topological polar surface area (TPSA) is 30.2 Å². The molecule has 0 saturated heterocycles. The Balaban J connectivity index is 2.21. The van der Waals surface area contributed by atoms with Gasteiger partial charge in [0, 0.05) is 11.6 Å². The zero-order chi connectivity index (χ0) is 15.9. The molecule has 0 saturated carbocycles. The molecule has 0 N–H and O–H groups in total. The number of fused-ring (bicyclic) bond motifs is 1. The number of aromatic nitrogens is 3. The monoisotopic (exact) mass is 305 g/mol. The van der Waals surface area contributed by atoms with Crippen LogP contribution in [0.25, 0.3) is 16.9 Å². The van der Waals surface area contributed by atoms with Crippen LogP contribution in [0, 0.1) is 6.92 Å². The fourth-order valence-electron chi connectivity index (χ4n) is 2.35. The van der Waals surface area contributed by atoms with Crippen molar-refractivity contribution >= 4 is 5.65 Å². The summed E-state index contributed by atoms with van der Waals surface area (Å²) in [7, 11) is 0. The van der Waals surface area contributed by atoms with Gasteiger partial charge >= 0.3 is 6.18 Å². The van der Waals surface area contributed by atoms with Crippen molar-refractivity contribution in [3.8, 4) is 11.3 Å².